The van der Waals surface area contributed by atoms with Crippen LogP contribution in [0.5, 0.6) is 5.75 Å². The fourth-order valence-electron chi connectivity index (χ4n) is 5.47. The first-order valence-electron chi connectivity index (χ1n) is 11.2. The van der Waals surface area contributed by atoms with E-state index in [9.17, 15) is 18.4 Å². The van der Waals surface area contributed by atoms with Crippen LogP contribution in [0, 0.1) is 23.5 Å². The SMILES string of the molecule is COc1c(C2CCC3CCCCC32)ccc(F)c1F.NC(=O)c1nccc2[nH]ccc(=O)c12. The van der Waals surface area contributed by atoms with E-state index in [2.05, 4.69) is 9.97 Å². The number of nitrogens with one attached hydrogen (secondary N) is 1. The van der Waals surface area contributed by atoms with Gasteiger partial charge in [0.2, 0.25) is 5.82 Å². The minimum atomic E-state index is -0.834. The molecule has 2 aliphatic carbocycles. The van der Waals surface area contributed by atoms with Crippen molar-refractivity contribution < 1.29 is 18.3 Å². The average molecular weight is 456 g/mol. The molecule has 6 nitrogen and oxygen atoms in total. The van der Waals surface area contributed by atoms with E-state index >= 15 is 0 Å². The van der Waals surface area contributed by atoms with Gasteiger partial charge in [-0.15, -0.1) is 0 Å². The van der Waals surface area contributed by atoms with E-state index in [4.69, 9.17) is 10.5 Å². The highest BCUT2D eigenvalue weighted by molar-refractivity contribution is 6.03. The number of aromatic amines is 1. The fraction of sp³-hybridized carbons (Fsp3) is 0.400. The molecule has 2 heterocycles. The Labute approximate surface area is 190 Å². The molecule has 174 valence electrons. The Hall–Kier alpha value is -3.29. The summed E-state index contributed by atoms with van der Waals surface area (Å²) in [4.78, 5) is 29.0. The molecule has 3 atom stereocenters. The van der Waals surface area contributed by atoms with Crippen molar-refractivity contribution in [1.29, 1.82) is 0 Å². The van der Waals surface area contributed by atoms with Crippen LogP contribution in [0.25, 0.3) is 10.9 Å². The largest absolute Gasteiger partial charge is 0.493 e. The van der Waals surface area contributed by atoms with Crippen LogP contribution >= 0.6 is 0 Å². The fourth-order valence-corrected chi connectivity index (χ4v) is 5.47. The maximum atomic E-state index is 13.8. The van der Waals surface area contributed by atoms with Crippen molar-refractivity contribution in [3.8, 4) is 5.75 Å². The number of rotatable bonds is 3. The molecule has 33 heavy (non-hydrogen) atoms. The Kier molecular flexibility index (Phi) is 6.72. The number of pyridine rings is 2. The zero-order valence-corrected chi connectivity index (χ0v) is 18.4. The number of carbonyl (C=O) groups excluding carboxylic acids is 1. The minimum Gasteiger partial charge on any atom is -0.493 e. The average Bonchev–Trinajstić information content (AvgIpc) is 3.25. The van der Waals surface area contributed by atoms with Gasteiger partial charge in [-0.2, -0.15) is 4.39 Å². The highest BCUT2D eigenvalue weighted by Crippen LogP contribution is 2.52. The summed E-state index contributed by atoms with van der Waals surface area (Å²) >= 11 is 0. The van der Waals surface area contributed by atoms with Crippen molar-refractivity contribution in [3.05, 3.63) is 69.8 Å². The molecule has 0 aliphatic heterocycles. The highest BCUT2D eigenvalue weighted by Gasteiger charge is 2.39. The van der Waals surface area contributed by atoms with Crippen LogP contribution < -0.4 is 15.9 Å². The molecule has 2 saturated carbocycles. The van der Waals surface area contributed by atoms with Crippen LogP contribution in [0.4, 0.5) is 8.78 Å². The molecule has 0 spiro atoms. The molecule has 3 N–H and O–H groups in total. The predicted molar refractivity (Wildman–Crippen MR) is 121 cm³/mol. The second-order valence-electron chi connectivity index (χ2n) is 8.66. The number of ether oxygens (including phenoxy) is 1. The van der Waals surface area contributed by atoms with Gasteiger partial charge >= 0.3 is 0 Å². The lowest BCUT2D eigenvalue weighted by atomic mass is 9.76. The Bertz CT molecular complexity index is 1220. The first-order chi connectivity index (χ1) is 15.9. The molecule has 5 rings (SSSR count). The number of nitrogens with two attached hydrogens (primary N) is 1. The number of hydrogen-bond acceptors (Lipinski definition) is 4. The number of benzene rings is 1. The smallest absolute Gasteiger partial charge is 0.268 e. The van der Waals surface area contributed by atoms with Gasteiger partial charge in [0.15, 0.2) is 17.0 Å². The molecule has 1 aromatic carbocycles. The van der Waals surface area contributed by atoms with Crippen LogP contribution in [0.2, 0.25) is 0 Å². The summed E-state index contributed by atoms with van der Waals surface area (Å²) in [6, 6.07) is 5.90. The maximum Gasteiger partial charge on any atom is 0.268 e. The number of halogens is 2. The lowest BCUT2D eigenvalue weighted by Crippen LogP contribution is -2.18. The van der Waals surface area contributed by atoms with E-state index in [-0.39, 0.29) is 22.3 Å². The van der Waals surface area contributed by atoms with Gasteiger partial charge in [0.1, 0.15) is 5.69 Å². The van der Waals surface area contributed by atoms with Gasteiger partial charge < -0.3 is 15.5 Å². The third kappa shape index (κ3) is 4.47. The number of aromatic nitrogens is 2. The number of carbonyl (C=O) groups is 1. The van der Waals surface area contributed by atoms with Crippen LogP contribution in [0.1, 0.15) is 60.5 Å². The molecular formula is C25H27F2N3O3. The third-order valence-electron chi connectivity index (χ3n) is 6.92. The summed E-state index contributed by atoms with van der Waals surface area (Å²) in [5, 5.41) is 0.238. The monoisotopic (exact) mass is 455 g/mol. The molecule has 3 aromatic rings. The van der Waals surface area contributed by atoms with Crippen molar-refractivity contribution in [2.45, 2.75) is 44.4 Å². The summed E-state index contributed by atoms with van der Waals surface area (Å²) in [6.07, 6.45) is 10.3. The quantitative estimate of drug-likeness (QED) is 0.599. The number of amides is 1. The Balaban J connectivity index is 0.000000165. The topological polar surface area (TPSA) is 98.1 Å². The molecule has 1 amide bonds. The van der Waals surface area contributed by atoms with Crippen molar-refractivity contribution in [3.63, 3.8) is 0 Å². The number of nitrogens with zero attached hydrogens (tertiary/aromatic N) is 1. The third-order valence-corrected chi connectivity index (χ3v) is 6.92. The summed E-state index contributed by atoms with van der Waals surface area (Å²) in [6.45, 7) is 0. The Morgan fingerprint density at radius 1 is 1.12 bits per heavy atom. The zero-order valence-electron chi connectivity index (χ0n) is 18.4. The molecular weight excluding hydrogens is 428 g/mol. The normalized spacial score (nSPS) is 21.7. The minimum absolute atomic E-state index is 0.00403. The molecule has 0 saturated heterocycles. The van der Waals surface area contributed by atoms with Gasteiger partial charge in [-0.25, -0.2) is 4.39 Å². The van der Waals surface area contributed by atoms with Gasteiger partial charge in [-0.3, -0.25) is 14.6 Å². The van der Waals surface area contributed by atoms with Crippen LogP contribution in [-0.4, -0.2) is 23.0 Å². The van der Waals surface area contributed by atoms with Crippen molar-refractivity contribution in [1.82, 2.24) is 9.97 Å². The van der Waals surface area contributed by atoms with Crippen LogP contribution in [-0.2, 0) is 0 Å². The van der Waals surface area contributed by atoms with E-state index in [1.54, 1.807) is 12.1 Å². The van der Waals surface area contributed by atoms with Gasteiger partial charge in [0, 0.05) is 24.0 Å². The second kappa shape index (κ2) is 9.68. The summed E-state index contributed by atoms with van der Waals surface area (Å²) in [7, 11) is 1.43. The molecule has 8 heteroatoms. The van der Waals surface area contributed by atoms with E-state index < -0.39 is 17.5 Å². The number of fused-ring (bicyclic) bond motifs is 2. The molecule has 0 radical (unpaired) electrons. The standard InChI is InChI=1S/C16H20F2O.C9H7N3O2/c1-19-16-13(8-9-14(17)15(16)18)12-7-6-10-4-2-3-5-11(10)12;10-9(14)8-7-5(1-3-12-8)11-4-2-6(7)13/h8-12H,2-7H2,1H3;1-4H,(H2,10,14)(H,11,13). The molecule has 3 unspecified atom stereocenters. The molecule has 0 bridgehead atoms. The van der Waals surface area contributed by atoms with E-state index in [1.165, 1.54) is 63.7 Å². The number of primary amides is 1. The van der Waals surface area contributed by atoms with Crippen molar-refractivity contribution in [2.24, 2.45) is 17.6 Å². The van der Waals surface area contributed by atoms with Crippen molar-refractivity contribution >= 4 is 16.8 Å². The van der Waals surface area contributed by atoms with Gasteiger partial charge in [0.25, 0.3) is 5.91 Å². The summed E-state index contributed by atoms with van der Waals surface area (Å²) < 4.78 is 32.3. The van der Waals surface area contributed by atoms with E-state index in [1.807, 2.05) is 0 Å². The predicted octanol–water partition coefficient (Wildman–Crippen LogP) is 4.68. The van der Waals surface area contributed by atoms with Crippen LogP contribution in [0.3, 0.4) is 0 Å². The van der Waals surface area contributed by atoms with Crippen LogP contribution in [0.15, 0.2) is 41.5 Å². The van der Waals surface area contributed by atoms with E-state index in [0.29, 0.717) is 17.4 Å². The summed E-state index contributed by atoms with van der Waals surface area (Å²) in [5.41, 5.74) is 6.26. The highest BCUT2D eigenvalue weighted by atomic mass is 19.2. The lowest BCUT2D eigenvalue weighted by Gasteiger charge is -2.30. The first-order valence-corrected chi connectivity index (χ1v) is 11.2. The molecule has 2 aromatic heterocycles. The van der Waals surface area contributed by atoms with E-state index in [0.717, 1.165) is 17.9 Å². The van der Waals surface area contributed by atoms with Gasteiger partial charge in [-0.1, -0.05) is 25.3 Å². The molecule has 2 aliphatic rings. The number of H-pyrrole nitrogens is 1. The van der Waals surface area contributed by atoms with Gasteiger partial charge in [-0.05, 0) is 49.1 Å². The summed E-state index contributed by atoms with van der Waals surface area (Å²) in [5.74, 6) is -0.485. The Morgan fingerprint density at radius 3 is 2.67 bits per heavy atom. The van der Waals surface area contributed by atoms with Crippen molar-refractivity contribution in [2.75, 3.05) is 7.11 Å². The maximum absolute atomic E-state index is 13.8. The molecule has 2 fully saturated rings. The zero-order chi connectivity index (χ0) is 23.5. The van der Waals surface area contributed by atoms with Gasteiger partial charge in [0.05, 0.1) is 18.0 Å². The second-order valence-corrected chi connectivity index (χ2v) is 8.66. The first kappa shape index (κ1) is 22.9. The Morgan fingerprint density at radius 2 is 1.91 bits per heavy atom. The number of hydrogen-bond donors (Lipinski definition) is 2. The lowest BCUT2D eigenvalue weighted by molar-refractivity contribution is 0.0997. The number of methoxy groups -OCH3 is 1.